The van der Waals surface area contributed by atoms with Gasteiger partial charge in [0, 0.05) is 37.8 Å². The van der Waals surface area contributed by atoms with Gasteiger partial charge in [0.2, 0.25) is 5.91 Å². The number of hydrogen-bond acceptors (Lipinski definition) is 4. The fourth-order valence-electron chi connectivity index (χ4n) is 5.77. The first-order chi connectivity index (χ1) is 18.1. The highest BCUT2D eigenvalue weighted by Crippen LogP contribution is 2.61. The van der Waals surface area contributed by atoms with Crippen LogP contribution in [0.4, 0.5) is 13.2 Å². The van der Waals surface area contributed by atoms with Crippen molar-refractivity contribution in [1.82, 2.24) is 10.2 Å². The average molecular weight is 602 g/mol. The summed E-state index contributed by atoms with van der Waals surface area (Å²) in [7, 11) is -0.782. The van der Waals surface area contributed by atoms with Crippen LogP contribution in [-0.2, 0) is 22.8 Å². The Labute approximate surface area is 234 Å². The van der Waals surface area contributed by atoms with Crippen LogP contribution >= 0.6 is 43.3 Å². The van der Waals surface area contributed by atoms with E-state index in [4.69, 9.17) is 23.2 Å². The van der Waals surface area contributed by atoms with E-state index in [1.165, 1.54) is 29.5 Å². The molecule has 3 heterocycles. The van der Waals surface area contributed by atoms with E-state index in [1.807, 2.05) is 4.90 Å². The molecule has 202 valence electrons. The lowest BCUT2D eigenvalue weighted by atomic mass is 9.87. The summed E-state index contributed by atoms with van der Waals surface area (Å²) in [6, 6.07) is 3.80. The maximum absolute atomic E-state index is 14.6. The summed E-state index contributed by atoms with van der Waals surface area (Å²) in [6.07, 6.45) is 0.876. The number of halogens is 5. The molecule has 38 heavy (non-hydrogen) atoms. The molecule has 12 heteroatoms. The molecule has 0 spiro atoms. The van der Waals surface area contributed by atoms with Gasteiger partial charge in [-0.15, -0.1) is 11.3 Å². The standard InChI is InChI=1S/C26H25Cl2F3N3O2PS/c27-14-9-13(10-15(28)11-14)25(26(29,30)31)12-20(33-37-25)21-17-3-1-2-4-18(17)22(38-21)23(35)32-19-7-8-34(24(19)36)16-5-6-16/h9-11,16,19,37H,1-8,12H2,(H,32,35). The maximum atomic E-state index is 14.6. The number of carbonyl (C=O) groups excluding carboxylic acids is 2. The zero-order chi connectivity index (χ0) is 26.8. The van der Waals surface area contributed by atoms with Gasteiger partial charge in [-0.2, -0.15) is 13.2 Å². The van der Waals surface area contributed by atoms with Crippen molar-refractivity contribution in [3.8, 4) is 0 Å². The zero-order valence-electron chi connectivity index (χ0n) is 20.3. The van der Waals surface area contributed by atoms with Gasteiger partial charge in [0.05, 0.1) is 15.5 Å². The molecule has 2 aromatic rings. The van der Waals surface area contributed by atoms with E-state index in [1.54, 1.807) is 0 Å². The molecule has 0 bridgehead atoms. The second-order valence-electron chi connectivity index (χ2n) is 10.4. The molecule has 2 aliphatic carbocycles. The summed E-state index contributed by atoms with van der Waals surface area (Å²) in [5.74, 6) is -0.358. The van der Waals surface area contributed by atoms with E-state index in [0.717, 1.165) is 36.8 Å². The van der Waals surface area contributed by atoms with E-state index in [0.29, 0.717) is 47.3 Å². The van der Waals surface area contributed by atoms with Crippen molar-refractivity contribution in [2.45, 2.75) is 74.8 Å². The van der Waals surface area contributed by atoms with Crippen LogP contribution in [0.15, 0.2) is 23.0 Å². The average Bonchev–Trinajstić information content (AvgIpc) is 3.30. The molecule has 3 unspecified atom stereocenters. The molecule has 4 aliphatic rings. The van der Waals surface area contributed by atoms with Gasteiger partial charge >= 0.3 is 6.18 Å². The van der Waals surface area contributed by atoms with Crippen molar-refractivity contribution in [3.05, 3.63) is 54.7 Å². The summed E-state index contributed by atoms with van der Waals surface area (Å²) >= 11 is 13.4. The van der Waals surface area contributed by atoms with E-state index in [9.17, 15) is 22.8 Å². The van der Waals surface area contributed by atoms with Crippen molar-refractivity contribution in [2.75, 3.05) is 6.54 Å². The Morgan fingerprint density at radius 2 is 1.79 bits per heavy atom. The molecule has 1 saturated heterocycles. The van der Waals surface area contributed by atoms with Crippen LogP contribution in [0.5, 0.6) is 0 Å². The number of thiophene rings is 1. The third-order valence-corrected chi connectivity index (χ3v) is 11.1. The van der Waals surface area contributed by atoms with Crippen LogP contribution in [0.3, 0.4) is 0 Å². The summed E-state index contributed by atoms with van der Waals surface area (Å²) in [4.78, 5) is 29.2. The third kappa shape index (κ3) is 4.57. The van der Waals surface area contributed by atoms with Gasteiger partial charge in [-0.05, 0) is 79.8 Å². The smallest absolute Gasteiger partial charge is 0.339 e. The minimum atomic E-state index is -4.57. The Kier molecular flexibility index (Phi) is 6.82. The molecule has 2 aliphatic heterocycles. The van der Waals surface area contributed by atoms with E-state index in [2.05, 4.69) is 10.1 Å². The number of hydrogen-bond donors (Lipinski definition) is 1. The van der Waals surface area contributed by atoms with Crippen LogP contribution in [0.2, 0.25) is 10.0 Å². The van der Waals surface area contributed by atoms with Crippen molar-refractivity contribution in [2.24, 2.45) is 4.76 Å². The molecule has 1 aromatic carbocycles. The van der Waals surface area contributed by atoms with Gasteiger partial charge in [-0.1, -0.05) is 23.2 Å². The van der Waals surface area contributed by atoms with E-state index in [-0.39, 0.29) is 33.8 Å². The van der Waals surface area contributed by atoms with Crippen molar-refractivity contribution in [3.63, 3.8) is 0 Å². The minimum Gasteiger partial charge on any atom is -0.339 e. The van der Waals surface area contributed by atoms with Gasteiger partial charge in [0.15, 0.2) is 0 Å². The van der Waals surface area contributed by atoms with Crippen molar-refractivity contribution >= 4 is 60.8 Å². The summed E-state index contributed by atoms with van der Waals surface area (Å²) < 4.78 is 48.4. The first-order valence-electron chi connectivity index (χ1n) is 12.7. The molecule has 3 atom stereocenters. The van der Waals surface area contributed by atoms with Crippen LogP contribution in [-0.4, -0.2) is 47.2 Å². The highest BCUT2D eigenvalue weighted by Gasteiger charge is 2.59. The number of alkyl halides is 3. The van der Waals surface area contributed by atoms with E-state index < -0.39 is 26.1 Å². The Morgan fingerprint density at radius 3 is 2.45 bits per heavy atom. The Hall–Kier alpha value is -1.67. The fraction of sp³-hybridized carbons (Fsp3) is 0.500. The predicted octanol–water partition coefficient (Wildman–Crippen LogP) is 6.67. The first kappa shape index (κ1) is 26.5. The number of nitrogens with zero attached hydrogens (tertiary/aromatic N) is 2. The maximum Gasteiger partial charge on any atom is 0.404 e. The zero-order valence-corrected chi connectivity index (χ0v) is 23.6. The number of nitrogens with one attached hydrogen (secondary N) is 1. The number of benzene rings is 1. The molecule has 2 amide bonds. The Balaban J connectivity index is 1.30. The van der Waals surface area contributed by atoms with Crippen LogP contribution in [0.1, 0.15) is 69.8 Å². The lowest BCUT2D eigenvalue weighted by Gasteiger charge is -2.31. The number of rotatable bonds is 5. The summed E-state index contributed by atoms with van der Waals surface area (Å²) in [5, 5.41) is 0.993. The predicted molar refractivity (Wildman–Crippen MR) is 145 cm³/mol. The van der Waals surface area contributed by atoms with Crippen LogP contribution in [0.25, 0.3) is 0 Å². The van der Waals surface area contributed by atoms with Crippen molar-refractivity contribution < 1.29 is 22.8 Å². The largest absolute Gasteiger partial charge is 0.404 e. The first-order valence-corrected chi connectivity index (χ1v) is 15.2. The molecular formula is C26H25Cl2F3N3O2PS. The molecular weight excluding hydrogens is 577 g/mol. The SMILES string of the molecule is O=C(NC1CCN(C2CC2)C1=O)c1sc(C2=NPC(c3cc(Cl)cc(Cl)c3)(C(F)(F)F)C2)c2c1CCCC2. The van der Waals surface area contributed by atoms with Gasteiger partial charge in [-0.3, -0.25) is 14.4 Å². The second-order valence-corrected chi connectivity index (χ2v) is 13.6. The van der Waals surface area contributed by atoms with Gasteiger partial charge < -0.3 is 10.2 Å². The molecule has 2 fully saturated rings. The second kappa shape index (κ2) is 9.76. The number of fused-ring (bicyclic) bond motifs is 1. The highest BCUT2D eigenvalue weighted by molar-refractivity contribution is 7.39. The van der Waals surface area contributed by atoms with Crippen molar-refractivity contribution in [1.29, 1.82) is 0 Å². The fourth-order valence-corrected chi connectivity index (χ4v) is 8.83. The minimum absolute atomic E-state index is 0.00272. The Bertz CT molecular complexity index is 1340. The molecule has 1 N–H and O–H groups in total. The monoisotopic (exact) mass is 601 g/mol. The normalized spacial score (nSPS) is 26.1. The summed E-state index contributed by atoms with van der Waals surface area (Å²) in [6.45, 7) is 0.646. The lowest BCUT2D eigenvalue weighted by molar-refractivity contribution is -0.161. The molecule has 1 saturated carbocycles. The molecule has 5 nitrogen and oxygen atoms in total. The number of amides is 2. The van der Waals surface area contributed by atoms with Gasteiger partial charge in [0.1, 0.15) is 11.2 Å². The van der Waals surface area contributed by atoms with E-state index >= 15 is 0 Å². The van der Waals surface area contributed by atoms with Gasteiger partial charge in [0.25, 0.3) is 5.91 Å². The Morgan fingerprint density at radius 1 is 1.11 bits per heavy atom. The van der Waals surface area contributed by atoms with Crippen LogP contribution < -0.4 is 5.32 Å². The lowest BCUT2D eigenvalue weighted by Crippen LogP contribution is -2.42. The highest BCUT2D eigenvalue weighted by atomic mass is 35.5. The molecule has 1 aromatic heterocycles. The quantitative estimate of drug-likeness (QED) is 0.389. The topological polar surface area (TPSA) is 61.8 Å². The number of carbonyl (C=O) groups is 2. The third-order valence-electron chi connectivity index (χ3n) is 7.87. The molecule has 0 radical (unpaired) electrons. The summed E-state index contributed by atoms with van der Waals surface area (Å²) in [5.41, 5.74) is 2.19. The number of likely N-dealkylation sites (tertiary alicyclic amines) is 1. The van der Waals surface area contributed by atoms with Gasteiger partial charge in [-0.25, -0.2) is 0 Å². The molecule has 6 rings (SSSR count). The van der Waals surface area contributed by atoms with Crippen LogP contribution in [0, 0.1) is 0 Å².